The number of likely N-dealkylation sites (tertiary alicyclic amines) is 1. The fourth-order valence-corrected chi connectivity index (χ4v) is 3.41. The van der Waals surface area contributed by atoms with Crippen LogP contribution in [0.25, 0.3) is 0 Å². The van der Waals surface area contributed by atoms with E-state index < -0.39 is 0 Å². The molecule has 1 saturated heterocycles. The van der Waals surface area contributed by atoms with Gasteiger partial charge in [0.25, 0.3) is 0 Å². The van der Waals surface area contributed by atoms with E-state index in [-0.39, 0.29) is 18.1 Å². The average molecular weight is 268 g/mol. The van der Waals surface area contributed by atoms with E-state index in [0.29, 0.717) is 11.8 Å². The maximum Gasteiger partial charge on any atom is 0.225 e. The highest BCUT2D eigenvalue weighted by Gasteiger charge is 2.33. The molecule has 0 aromatic heterocycles. The molecule has 4 unspecified atom stereocenters. The molecule has 2 aliphatic rings. The molecule has 1 amide bonds. The van der Waals surface area contributed by atoms with Crippen molar-refractivity contribution in [2.75, 3.05) is 19.7 Å². The molecule has 2 N–H and O–H groups in total. The highest BCUT2D eigenvalue weighted by atomic mass is 16.5. The van der Waals surface area contributed by atoms with Crippen LogP contribution in [0, 0.1) is 11.8 Å². The van der Waals surface area contributed by atoms with Crippen molar-refractivity contribution in [3.63, 3.8) is 0 Å². The molecule has 0 bridgehead atoms. The zero-order chi connectivity index (χ0) is 13.8. The Hall–Kier alpha value is -0.610. The van der Waals surface area contributed by atoms with Crippen LogP contribution in [0.4, 0.5) is 0 Å². The molecule has 0 aromatic rings. The van der Waals surface area contributed by atoms with Crippen molar-refractivity contribution in [2.45, 2.75) is 58.1 Å². The standard InChI is InChI=1S/C15H28N2O2/c1-3-19-13-5-4-8-17(10-13)15(18)12-6-7-14(16)11(2)9-12/h11-14H,3-10,16H2,1-2H3. The first-order chi connectivity index (χ1) is 9.11. The van der Waals surface area contributed by atoms with Gasteiger partial charge in [0.1, 0.15) is 0 Å². The van der Waals surface area contributed by atoms with Gasteiger partial charge in [0.15, 0.2) is 0 Å². The molecule has 0 radical (unpaired) electrons. The van der Waals surface area contributed by atoms with Crippen molar-refractivity contribution < 1.29 is 9.53 Å². The molecule has 4 heteroatoms. The van der Waals surface area contributed by atoms with Gasteiger partial charge in [0.05, 0.1) is 6.10 Å². The molecule has 4 nitrogen and oxygen atoms in total. The summed E-state index contributed by atoms with van der Waals surface area (Å²) in [6, 6.07) is 0.279. The fourth-order valence-electron chi connectivity index (χ4n) is 3.41. The number of amides is 1. The third-order valence-corrected chi connectivity index (χ3v) is 4.68. The summed E-state index contributed by atoms with van der Waals surface area (Å²) in [5.41, 5.74) is 6.04. The van der Waals surface area contributed by atoms with Gasteiger partial charge in [-0.25, -0.2) is 0 Å². The van der Waals surface area contributed by atoms with Crippen LogP contribution in [0.2, 0.25) is 0 Å². The van der Waals surface area contributed by atoms with Crippen molar-refractivity contribution in [2.24, 2.45) is 17.6 Å². The van der Waals surface area contributed by atoms with Crippen LogP contribution in [0.3, 0.4) is 0 Å². The number of hydrogen-bond donors (Lipinski definition) is 1. The van der Waals surface area contributed by atoms with Crippen molar-refractivity contribution in [3.05, 3.63) is 0 Å². The highest BCUT2D eigenvalue weighted by Crippen LogP contribution is 2.30. The van der Waals surface area contributed by atoms with Crippen LogP contribution in [-0.2, 0) is 9.53 Å². The quantitative estimate of drug-likeness (QED) is 0.849. The topological polar surface area (TPSA) is 55.6 Å². The normalized spacial score (nSPS) is 36.3. The summed E-state index contributed by atoms with van der Waals surface area (Å²) in [5.74, 6) is 0.994. The first-order valence-corrected chi connectivity index (χ1v) is 7.77. The number of carbonyl (C=O) groups is 1. The van der Waals surface area contributed by atoms with Crippen LogP contribution in [0.1, 0.15) is 46.0 Å². The molecule has 19 heavy (non-hydrogen) atoms. The summed E-state index contributed by atoms with van der Waals surface area (Å²) < 4.78 is 5.67. The average Bonchev–Trinajstić information content (AvgIpc) is 2.42. The summed E-state index contributed by atoms with van der Waals surface area (Å²) in [6.45, 7) is 6.61. The number of nitrogens with two attached hydrogens (primary N) is 1. The Morgan fingerprint density at radius 3 is 2.84 bits per heavy atom. The molecule has 1 aliphatic carbocycles. The molecule has 1 saturated carbocycles. The lowest BCUT2D eigenvalue weighted by Gasteiger charge is -2.38. The minimum absolute atomic E-state index is 0.190. The Labute approximate surface area is 116 Å². The van der Waals surface area contributed by atoms with Crippen LogP contribution in [-0.4, -0.2) is 42.6 Å². The van der Waals surface area contributed by atoms with Gasteiger partial charge in [-0.15, -0.1) is 0 Å². The molecule has 1 aliphatic heterocycles. The molecular weight excluding hydrogens is 240 g/mol. The third kappa shape index (κ3) is 3.69. The second-order valence-electron chi connectivity index (χ2n) is 6.15. The highest BCUT2D eigenvalue weighted by molar-refractivity contribution is 5.79. The summed E-state index contributed by atoms with van der Waals surface area (Å²) in [6.07, 6.45) is 5.30. The molecule has 2 rings (SSSR count). The molecule has 4 atom stereocenters. The van der Waals surface area contributed by atoms with Crippen LogP contribution in [0.15, 0.2) is 0 Å². The minimum Gasteiger partial charge on any atom is -0.377 e. The number of carbonyl (C=O) groups excluding carboxylic acids is 1. The second kappa shape index (κ2) is 6.71. The SMILES string of the molecule is CCOC1CCCN(C(=O)C2CCC(N)C(C)C2)C1. The predicted octanol–water partition coefficient (Wildman–Crippen LogP) is 1.78. The molecule has 0 spiro atoms. The molecule has 1 heterocycles. The number of rotatable bonds is 3. The Kier molecular flexibility index (Phi) is 5.22. The number of nitrogens with zero attached hydrogens (tertiary/aromatic N) is 1. The zero-order valence-electron chi connectivity index (χ0n) is 12.3. The van der Waals surface area contributed by atoms with Gasteiger partial charge in [0.2, 0.25) is 5.91 Å². The van der Waals surface area contributed by atoms with E-state index in [1.54, 1.807) is 0 Å². The van der Waals surface area contributed by atoms with E-state index in [4.69, 9.17) is 10.5 Å². The maximum absolute atomic E-state index is 12.6. The molecule has 0 aromatic carbocycles. The van der Waals surface area contributed by atoms with Gasteiger partial charge >= 0.3 is 0 Å². The molecule has 110 valence electrons. The van der Waals surface area contributed by atoms with Gasteiger partial charge in [0, 0.05) is 31.7 Å². The Balaban J connectivity index is 1.88. The third-order valence-electron chi connectivity index (χ3n) is 4.68. The van der Waals surface area contributed by atoms with Gasteiger partial charge in [-0.05, 0) is 44.9 Å². The number of piperidine rings is 1. The number of hydrogen-bond acceptors (Lipinski definition) is 3. The summed E-state index contributed by atoms with van der Waals surface area (Å²) in [4.78, 5) is 14.6. The minimum atomic E-state index is 0.190. The lowest BCUT2D eigenvalue weighted by molar-refractivity contribution is -0.141. The van der Waals surface area contributed by atoms with Crippen molar-refractivity contribution in [1.29, 1.82) is 0 Å². The van der Waals surface area contributed by atoms with Crippen molar-refractivity contribution >= 4 is 5.91 Å². The summed E-state index contributed by atoms with van der Waals surface area (Å²) >= 11 is 0. The molecular formula is C15H28N2O2. The van der Waals surface area contributed by atoms with Crippen LogP contribution in [0.5, 0.6) is 0 Å². The largest absolute Gasteiger partial charge is 0.377 e. The summed E-state index contributed by atoms with van der Waals surface area (Å²) in [7, 11) is 0. The monoisotopic (exact) mass is 268 g/mol. The Morgan fingerprint density at radius 1 is 1.37 bits per heavy atom. The maximum atomic E-state index is 12.6. The fraction of sp³-hybridized carbons (Fsp3) is 0.933. The van der Waals surface area contributed by atoms with Gasteiger partial charge < -0.3 is 15.4 Å². The van der Waals surface area contributed by atoms with Gasteiger partial charge in [-0.3, -0.25) is 4.79 Å². The first-order valence-electron chi connectivity index (χ1n) is 7.77. The van der Waals surface area contributed by atoms with Crippen LogP contribution >= 0.6 is 0 Å². The van der Waals surface area contributed by atoms with Crippen molar-refractivity contribution in [1.82, 2.24) is 4.90 Å². The van der Waals surface area contributed by atoms with E-state index >= 15 is 0 Å². The predicted molar refractivity (Wildman–Crippen MR) is 75.7 cm³/mol. The van der Waals surface area contributed by atoms with E-state index in [1.807, 2.05) is 11.8 Å². The van der Waals surface area contributed by atoms with E-state index in [9.17, 15) is 4.79 Å². The Bertz CT molecular complexity index is 307. The molecule has 2 fully saturated rings. The first kappa shape index (κ1) is 14.8. The van der Waals surface area contributed by atoms with Crippen molar-refractivity contribution in [3.8, 4) is 0 Å². The van der Waals surface area contributed by atoms with E-state index in [2.05, 4.69) is 6.92 Å². The number of ether oxygens (including phenoxy) is 1. The van der Waals surface area contributed by atoms with E-state index in [0.717, 1.165) is 51.8 Å². The van der Waals surface area contributed by atoms with Gasteiger partial charge in [-0.1, -0.05) is 6.92 Å². The van der Waals surface area contributed by atoms with E-state index in [1.165, 1.54) is 0 Å². The lowest BCUT2D eigenvalue weighted by Crippen LogP contribution is -2.48. The zero-order valence-corrected chi connectivity index (χ0v) is 12.3. The van der Waals surface area contributed by atoms with Crippen LogP contribution < -0.4 is 5.73 Å². The lowest BCUT2D eigenvalue weighted by atomic mass is 9.78. The smallest absolute Gasteiger partial charge is 0.225 e. The Morgan fingerprint density at radius 2 is 2.16 bits per heavy atom. The second-order valence-corrected chi connectivity index (χ2v) is 6.15. The summed E-state index contributed by atoms with van der Waals surface area (Å²) in [5, 5.41) is 0. The van der Waals surface area contributed by atoms with Gasteiger partial charge in [-0.2, -0.15) is 0 Å².